The lowest BCUT2D eigenvalue weighted by atomic mass is 9.78. The van der Waals surface area contributed by atoms with E-state index < -0.39 is 0 Å². The van der Waals surface area contributed by atoms with E-state index in [2.05, 4.69) is 110 Å². The Morgan fingerprint density at radius 1 is 0.707 bits per heavy atom. The van der Waals surface area contributed by atoms with Gasteiger partial charge in [0.15, 0.2) is 0 Å². The summed E-state index contributed by atoms with van der Waals surface area (Å²) >= 11 is 0. The number of hydrogen-bond acceptors (Lipinski definition) is 3. The van der Waals surface area contributed by atoms with Gasteiger partial charge in [0.1, 0.15) is 0 Å². The third-order valence-electron chi connectivity index (χ3n) is 8.20. The van der Waals surface area contributed by atoms with Crippen molar-refractivity contribution in [2.45, 2.75) is 63.9 Å². The van der Waals surface area contributed by atoms with Gasteiger partial charge in [0, 0.05) is 19.5 Å². The minimum atomic E-state index is 0.451. The van der Waals surface area contributed by atoms with Crippen molar-refractivity contribution in [3.05, 3.63) is 143 Å². The molecule has 3 unspecified atom stereocenters. The van der Waals surface area contributed by atoms with Gasteiger partial charge in [-0.15, -0.1) is 0 Å². The Hall–Kier alpha value is -3.53. The zero-order valence-electron chi connectivity index (χ0n) is 25.0. The van der Waals surface area contributed by atoms with E-state index in [9.17, 15) is 0 Å². The summed E-state index contributed by atoms with van der Waals surface area (Å²) in [6, 6.07) is 31.4. The van der Waals surface area contributed by atoms with Crippen LogP contribution in [0.3, 0.4) is 0 Å². The van der Waals surface area contributed by atoms with Gasteiger partial charge in [0.25, 0.3) is 0 Å². The van der Waals surface area contributed by atoms with Crippen molar-refractivity contribution in [3.8, 4) is 0 Å². The van der Waals surface area contributed by atoms with Gasteiger partial charge in [-0.1, -0.05) is 99.3 Å². The number of hydrogen-bond donors (Lipinski definition) is 0. The Balaban J connectivity index is 1.48. The first-order valence-electron chi connectivity index (χ1n) is 14.9. The Labute approximate surface area is 247 Å². The van der Waals surface area contributed by atoms with E-state index >= 15 is 0 Å². The first-order valence-corrected chi connectivity index (χ1v) is 14.9. The fourth-order valence-electron chi connectivity index (χ4n) is 5.64. The highest BCUT2D eigenvalue weighted by molar-refractivity contribution is 5.47. The standard InChI is InChI=1S/C38H45NO2/c1-5-30-7-9-31(10-8-30)26-32-11-15-36(16-12-32)34(6-2)27-38(25-29(3)35-19-21-39-22-20-35)37-17-13-33(14-18-37)28-41-24-23-40-4/h5,7-22,29,34,38H,1,6,23-28H2,2-4H3. The number of aromatic nitrogens is 1. The zero-order valence-corrected chi connectivity index (χ0v) is 25.0. The van der Waals surface area contributed by atoms with Gasteiger partial charge in [-0.05, 0) is 94.5 Å². The summed E-state index contributed by atoms with van der Waals surface area (Å²) < 4.78 is 10.8. The highest BCUT2D eigenvalue weighted by Crippen LogP contribution is 2.38. The van der Waals surface area contributed by atoms with E-state index in [0.29, 0.717) is 37.6 Å². The molecule has 0 fully saturated rings. The summed E-state index contributed by atoms with van der Waals surface area (Å²) in [5, 5.41) is 0. The lowest BCUT2D eigenvalue weighted by Gasteiger charge is -2.27. The first kappa shape index (κ1) is 30.4. The fourth-order valence-corrected chi connectivity index (χ4v) is 5.64. The molecule has 3 aromatic carbocycles. The molecular weight excluding hydrogens is 502 g/mol. The molecule has 0 aliphatic heterocycles. The van der Waals surface area contributed by atoms with E-state index in [1.165, 1.54) is 33.4 Å². The van der Waals surface area contributed by atoms with Gasteiger partial charge in [0.05, 0.1) is 19.8 Å². The second kappa shape index (κ2) is 16.0. The third kappa shape index (κ3) is 9.24. The molecule has 3 nitrogen and oxygen atoms in total. The Morgan fingerprint density at radius 2 is 1.29 bits per heavy atom. The highest BCUT2D eigenvalue weighted by Gasteiger charge is 2.22. The van der Waals surface area contributed by atoms with E-state index in [1.807, 2.05) is 18.5 Å². The number of pyridine rings is 1. The van der Waals surface area contributed by atoms with Crippen LogP contribution in [-0.2, 0) is 22.5 Å². The van der Waals surface area contributed by atoms with Crippen LogP contribution in [0.2, 0.25) is 0 Å². The van der Waals surface area contributed by atoms with Crippen molar-refractivity contribution < 1.29 is 9.47 Å². The average molecular weight is 548 g/mol. The minimum absolute atomic E-state index is 0.451. The Bertz CT molecular complexity index is 1300. The van der Waals surface area contributed by atoms with E-state index in [1.54, 1.807) is 7.11 Å². The number of benzene rings is 3. The molecule has 1 aromatic heterocycles. The Morgan fingerprint density at radius 3 is 1.88 bits per heavy atom. The van der Waals surface area contributed by atoms with Crippen LogP contribution >= 0.6 is 0 Å². The van der Waals surface area contributed by atoms with E-state index in [-0.39, 0.29) is 0 Å². The summed E-state index contributed by atoms with van der Waals surface area (Å²) in [5.41, 5.74) is 9.23. The van der Waals surface area contributed by atoms with Gasteiger partial charge in [0.2, 0.25) is 0 Å². The quantitative estimate of drug-likeness (QED) is 0.131. The van der Waals surface area contributed by atoms with Crippen LogP contribution in [0, 0.1) is 0 Å². The van der Waals surface area contributed by atoms with Crippen LogP contribution in [0.5, 0.6) is 0 Å². The van der Waals surface area contributed by atoms with Crippen molar-refractivity contribution in [3.63, 3.8) is 0 Å². The molecule has 4 aromatic rings. The molecule has 0 bridgehead atoms. The molecule has 0 radical (unpaired) electrons. The second-order valence-corrected chi connectivity index (χ2v) is 11.1. The molecule has 0 spiro atoms. The molecule has 4 rings (SSSR count). The molecule has 0 N–H and O–H groups in total. The van der Waals surface area contributed by atoms with Gasteiger partial charge in [-0.3, -0.25) is 4.98 Å². The zero-order chi connectivity index (χ0) is 28.9. The van der Waals surface area contributed by atoms with Crippen LogP contribution in [0.1, 0.15) is 89.8 Å². The molecule has 0 saturated carbocycles. The summed E-state index contributed by atoms with van der Waals surface area (Å²) in [7, 11) is 1.70. The van der Waals surface area contributed by atoms with E-state index in [4.69, 9.17) is 9.47 Å². The van der Waals surface area contributed by atoms with Gasteiger partial charge in [-0.25, -0.2) is 0 Å². The molecule has 0 amide bonds. The molecule has 0 aliphatic carbocycles. The van der Waals surface area contributed by atoms with Crippen molar-refractivity contribution in [1.29, 1.82) is 0 Å². The van der Waals surface area contributed by atoms with Crippen molar-refractivity contribution in [2.75, 3.05) is 20.3 Å². The van der Waals surface area contributed by atoms with Gasteiger partial charge in [-0.2, -0.15) is 0 Å². The predicted octanol–water partition coefficient (Wildman–Crippen LogP) is 9.34. The maximum Gasteiger partial charge on any atom is 0.0718 e. The molecule has 0 aliphatic rings. The number of methoxy groups -OCH3 is 1. The molecule has 1 heterocycles. The fraction of sp³-hybridized carbons (Fsp3) is 0.342. The lowest BCUT2D eigenvalue weighted by Crippen LogP contribution is -2.10. The van der Waals surface area contributed by atoms with Crippen molar-refractivity contribution >= 4 is 6.08 Å². The van der Waals surface area contributed by atoms with Gasteiger partial charge >= 0.3 is 0 Å². The SMILES string of the molecule is C=Cc1ccc(Cc2ccc(C(CC)CC(CC(C)c3ccncc3)c3ccc(COCCOC)cc3)cc2)cc1. The van der Waals surface area contributed by atoms with Crippen molar-refractivity contribution in [2.24, 2.45) is 0 Å². The van der Waals surface area contributed by atoms with Crippen LogP contribution in [0.4, 0.5) is 0 Å². The van der Waals surface area contributed by atoms with Crippen molar-refractivity contribution in [1.82, 2.24) is 4.98 Å². The summed E-state index contributed by atoms with van der Waals surface area (Å²) in [5.74, 6) is 1.41. The second-order valence-electron chi connectivity index (χ2n) is 11.1. The lowest BCUT2D eigenvalue weighted by molar-refractivity contribution is 0.0616. The average Bonchev–Trinajstić information content (AvgIpc) is 3.03. The maximum absolute atomic E-state index is 5.75. The number of rotatable bonds is 16. The van der Waals surface area contributed by atoms with E-state index in [0.717, 1.165) is 31.2 Å². The van der Waals surface area contributed by atoms with Crippen LogP contribution in [-0.4, -0.2) is 25.3 Å². The van der Waals surface area contributed by atoms with Gasteiger partial charge < -0.3 is 9.47 Å². The predicted molar refractivity (Wildman–Crippen MR) is 171 cm³/mol. The summed E-state index contributed by atoms with van der Waals surface area (Å²) in [6.45, 7) is 10.4. The third-order valence-corrected chi connectivity index (χ3v) is 8.20. The normalized spacial score (nSPS) is 13.4. The molecule has 3 atom stereocenters. The van der Waals surface area contributed by atoms with Crippen LogP contribution in [0.15, 0.2) is 104 Å². The number of nitrogens with zero attached hydrogens (tertiary/aromatic N) is 1. The maximum atomic E-state index is 5.75. The largest absolute Gasteiger partial charge is 0.382 e. The molecule has 41 heavy (non-hydrogen) atoms. The smallest absolute Gasteiger partial charge is 0.0718 e. The first-order chi connectivity index (χ1) is 20.1. The highest BCUT2D eigenvalue weighted by atomic mass is 16.5. The molecular formula is C38H45NO2. The topological polar surface area (TPSA) is 31.4 Å². The Kier molecular flexibility index (Phi) is 11.9. The molecule has 3 heteroatoms. The van der Waals surface area contributed by atoms with Crippen LogP contribution < -0.4 is 0 Å². The van der Waals surface area contributed by atoms with Crippen LogP contribution in [0.25, 0.3) is 6.08 Å². The minimum Gasteiger partial charge on any atom is -0.382 e. The summed E-state index contributed by atoms with van der Waals surface area (Å²) in [4.78, 5) is 4.23. The monoisotopic (exact) mass is 547 g/mol. The summed E-state index contributed by atoms with van der Waals surface area (Å²) in [6.07, 6.45) is 9.99. The number of ether oxygens (including phenoxy) is 2. The molecule has 214 valence electrons. The molecule has 0 saturated heterocycles.